The van der Waals surface area contributed by atoms with Gasteiger partial charge in [0.1, 0.15) is 0 Å². The third-order valence-corrected chi connectivity index (χ3v) is 4.80. The molecule has 2 aliphatic rings. The molecule has 0 radical (unpaired) electrons. The molecule has 20 heavy (non-hydrogen) atoms. The van der Waals surface area contributed by atoms with Gasteiger partial charge in [-0.3, -0.25) is 10.6 Å². The Morgan fingerprint density at radius 1 is 1.10 bits per heavy atom. The molecule has 1 aromatic rings. The first-order chi connectivity index (χ1) is 9.79. The van der Waals surface area contributed by atoms with Crippen LogP contribution < -0.4 is 11.3 Å². The molecule has 1 aliphatic carbocycles. The quantitative estimate of drug-likeness (QED) is 0.643. The van der Waals surface area contributed by atoms with Crippen molar-refractivity contribution < 1.29 is 4.79 Å². The molecular weight excluding hydrogens is 250 g/mol. The number of hydrazine groups is 1. The van der Waals surface area contributed by atoms with E-state index >= 15 is 0 Å². The molecule has 0 spiro atoms. The molecule has 3 N–H and O–H groups in total. The highest BCUT2D eigenvalue weighted by Crippen LogP contribution is 2.35. The lowest BCUT2D eigenvalue weighted by atomic mass is 9.78. The number of carbonyl (C=O) groups is 1. The molecule has 4 nitrogen and oxygen atoms in total. The first-order valence-corrected chi connectivity index (χ1v) is 7.67. The smallest absolute Gasteiger partial charge is 0.254 e. The van der Waals surface area contributed by atoms with Gasteiger partial charge in [0.15, 0.2) is 0 Å². The van der Waals surface area contributed by atoms with Gasteiger partial charge < -0.3 is 10.3 Å². The highest BCUT2D eigenvalue weighted by Gasteiger charge is 2.35. The molecule has 4 heteroatoms. The standard InChI is InChI=1S/C16H23N3O/c17-18-14-9-7-13(8-10-14)16(20)19-11-3-5-12-4-1-2-6-15(12)19/h7-10,12,15,18H,1-6,11,17H2. The summed E-state index contributed by atoms with van der Waals surface area (Å²) in [6.07, 6.45) is 7.52. The van der Waals surface area contributed by atoms with Crippen LogP contribution in [-0.4, -0.2) is 23.4 Å². The average Bonchev–Trinajstić information content (AvgIpc) is 2.54. The fraction of sp³-hybridized carbons (Fsp3) is 0.562. The van der Waals surface area contributed by atoms with Crippen molar-refractivity contribution in [3.63, 3.8) is 0 Å². The van der Waals surface area contributed by atoms with Gasteiger partial charge in [0.2, 0.25) is 0 Å². The van der Waals surface area contributed by atoms with Crippen LogP contribution in [-0.2, 0) is 0 Å². The molecule has 0 aromatic heterocycles. The Bertz CT molecular complexity index is 469. The third-order valence-electron chi connectivity index (χ3n) is 4.80. The number of carbonyl (C=O) groups excluding carboxylic acids is 1. The number of anilines is 1. The Morgan fingerprint density at radius 2 is 1.80 bits per heavy atom. The van der Waals surface area contributed by atoms with E-state index in [0.717, 1.165) is 30.1 Å². The first-order valence-electron chi connectivity index (χ1n) is 7.67. The summed E-state index contributed by atoms with van der Waals surface area (Å²) in [4.78, 5) is 14.9. The van der Waals surface area contributed by atoms with Gasteiger partial charge in [-0.1, -0.05) is 12.8 Å². The minimum atomic E-state index is 0.185. The Balaban J connectivity index is 1.77. The first kappa shape index (κ1) is 13.4. The molecule has 1 aliphatic heterocycles. The van der Waals surface area contributed by atoms with Crippen molar-refractivity contribution in [3.8, 4) is 0 Å². The van der Waals surface area contributed by atoms with Crippen LogP contribution in [0.1, 0.15) is 48.9 Å². The summed E-state index contributed by atoms with van der Waals surface area (Å²) in [5.74, 6) is 6.27. The fourth-order valence-corrected chi connectivity index (χ4v) is 3.75. The number of nitrogens with two attached hydrogens (primary N) is 1. The number of nitrogen functional groups attached to an aromatic ring is 1. The van der Waals surface area contributed by atoms with E-state index in [-0.39, 0.29) is 5.91 Å². The number of fused-ring (bicyclic) bond motifs is 1. The fourth-order valence-electron chi connectivity index (χ4n) is 3.75. The van der Waals surface area contributed by atoms with Crippen LogP contribution in [0.5, 0.6) is 0 Å². The van der Waals surface area contributed by atoms with Crippen LogP contribution in [0.2, 0.25) is 0 Å². The van der Waals surface area contributed by atoms with Crippen molar-refractivity contribution in [3.05, 3.63) is 29.8 Å². The SMILES string of the molecule is NNc1ccc(C(=O)N2CCCC3CCCCC32)cc1. The van der Waals surface area contributed by atoms with E-state index in [4.69, 9.17) is 5.84 Å². The molecular formula is C16H23N3O. The molecule has 2 unspecified atom stereocenters. The molecule has 3 rings (SSSR count). The predicted molar refractivity (Wildman–Crippen MR) is 80.3 cm³/mol. The van der Waals surface area contributed by atoms with Gasteiger partial charge in [0.25, 0.3) is 5.91 Å². The molecule has 0 bridgehead atoms. The minimum absolute atomic E-state index is 0.185. The third kappa shape index (κ3) is 2.52. The molecule has 1 aromatic carbocycles. The van der Waals surface area contributed by atoms with Gasteiger partial charge >= 0.3 is 0 Å². The summed E-state index contributed by atoms with van der Waals surface area (Å²) >= 11 is 0. The Kier molecular flexibility index (Phi) is 3.92. The van der Waals surface area contributed by atoms with E-state index in [2.05, 4.69) is 10.3 Å². The second kappa shape index (κ2) is 5.83. The van der Waals surface area contributed by atoms with Crippen LogP contribution in [0.3, 0.4) is 0 Å². The van der Waals surface area contributed by atoms with E-state index in [9.17, 15) is 4.79 Å². The zero-order valence-electron chi connectivity index (χ0n) is 11.8. The monoisotopic (exact) mass is 273 g/mol. The van der Waals surface area contributed by atoms with Gasteiger partial charge in [-0.05, 0) is 55.9 Å². The van der Waals surface area contributed by atoms with Crippen molar-refractivity contribution in [2.75, 3.05) is 12.0 Å². The van der Waals surface area contributed by atoms with Crippen molar-refractivity contribution in [1.29, 1.82) is 0 Å². The summed E-state index contributed by atoms with van der Waals surface area (Å²) in [6.45, 7) is 0.914. The Labute approximate surface area is 120 Å². The lowest BCUT2D eigenvalue weighted by molar-refractivity contribution is 0.0391. The van der Waals surface area contributed by atoms with Crippen LogP contribution in [0.4, 0.5) is 5.69 Å². The number of hydrogen-bond acceptors (Lipinski definition) is 3. The van der Waals surface area contributed by atoms with Gasteiger partial charge in [0, 0.05) is 23.8 Å². The molecule has 1 heterocycles. The Hall–Kier alpha value is -1.55. The molecule has 2 atom stereocenters. The highest BCUT2D eigenvalue weighted by atomic mass is 16.2. The van der Waals surface area contributed by atoms with Crippen molar-refractivity contribution in [1.82, 2.24) is 4.90 Å². The number of benzene rings is 1. The van der Waals surface area contributed by atoms with Crippen molar-refractivity contribution in [2.45, 2.75) is 44.6 Å². The summed E-state index contributed by atoms with van der Waals surface area (Å²) in [5, 5.41) is 0. The van der Waals surface area contributed by atoms with Crippen LogP contribution >= 0.6 is 0 Å². The maximum Gasteiger partial charge on any atom is 0.254 e. The summed E-state index contributed by atoms with van der Waals surface area (Å²) in [6, 6.07) is 7.91. The van der Waals surface area contributed by atoms with Crippen molar-refractivity contribution >= 4 is 11.6 Å². The number of piperidine rings is 1. The largest absolute Gasteiger partial charge is 0.335 e. The Morgan fingerprint density at radius 3 is 2.55 bits per heavy atom. The zero-order valence-corrected chi connectivity index (χ0v) is 11.8. The van der Waals surface area contributed by atoms with E-state index in [1.165, 1.54) is 32.1 Å². The number of amides is 1. The maximum atomic E-state index is 12.7. The minimum Gasteiger partial charge on any atom is -0.335 e. The average molecular weight is 273 g/mol. The van der Waals surface area contributed by atoms with E-state index in [1.54, 1.807) is 0 Å². The van der Waals surface area contributed by atoms with Crippen LogP contribution in [0, 0.1) is 5.92 Å². The van der Waals surface area contributed by atoms with Crippen LogP contribution in [0.15, 0.2) is 24.3 Å². The summed E-state index contributed by atoms with van der Waals surface area (Å²) in [5.41, 5.74) is 4.20. The summed E-state index contributed by atoms with van der Waals surface area (Å²) < 4.78 is 0. The van der Waals surface area contributed by atoms with E-state index in [0.29, 0.717) is 6.04 Å². The zero-order chi connectivity index (χ0) is 13.9. The normalized spacial score (nSPS) is 25.9. The lowest BCUT2D eigenvalue weighted by Crippen LogP contribution is -2.49. The van der Waals surface area contributed by atoms with Crippen molar-refractivity contribution in [2.24, 2.45) is 11.8 Å². The molecule has 108 valence electrons. The number of hydrogen-bond donors (Lipinski definition) is 2. The molecule has 1 amide bonds. The summed E-state index contributed by atoms with van der Waals surface area (Å²) in [7, 11) is 0. The van der Waals surface area contributed by atoms with E-state index in [1.807, 2.05) is 24.3 Å². The van der Waals surface area contributed by atoms with Gasteiger partial charge in [-0.25, -0.2) is 0 Å². The second-order valence-electron chi connectivity index (χ2n) is 5.97. The lowest BCUT2D eigenvalue weighted by Gasteiger charge is -2.44. The topological polar surface area (TPSA) is 58.4 Å². The van der Waals surface area contributed by atoms with Gasteiger partial charge in [0.05, 0.1) is 0 Å². The maximum absolute atomic E-state index is 12.7. The molecule has 1 saturated carbocycles. The van der Waals surface area contributed by atoms with Gasteiger partial charge in [-0.2, -0.15) is 0 Å². The highest BCUT2D eigenvalue weighted by molar-refractivity contribution is 5.94. The molecule has 2 fully saturated rings. The van der Waals surface area contributed by atoms with Crippen LogP contribution in [0.25, 0.3) is 0 Å². The second-order valence-corrected chi connectivity index (χ2v) is 5.97. The van der Waals surface area contributed by atoms with E-state index < -0.39 is 0 Å². The molecule has 1 saturated heterocycles. The predicted octanol–water partition coefficient (Wildman–Crippen LogP) is 2.77. The number of rotatable bonds is 2. The number of likely N-dealkylation sites (tertiary alicyclic amines) is 1. The number of nitrogens with one attached hydrogen (secondary N) is 1. The van der Waals surface area contributed by atoms with Gasteiger partial charge in [-0.15, -0.1) is 0 Å². The number of nitrogens with zero attached hydrogens (tertiary/aromatic N) is 1.